The van der Waals surface area contributed by atoms with E-state index in [2.05, 4.69) is 45.0 Å². The van der Waals surface area contributed by atoms with Crippen LogP contribution >= 0.6 is 11.8 Å². The normalized spacial score (nSPS) is 11.3. The molecule has 4 nitrogen and oxygen atoms in total. The molecule has 0 saturated heterocycles. The molecular weight excluding hydrogens is 384 g/mol. The van der Waals surface area contributed by atoms with Crippen molar-refractivity contribution in [1.29, 1.82) is 0 Å². The fraction of sp³-hybridized carbons (Fsp3) is 0.250. The molecule has 0 amide bonds. The van der Waals surface area contributed by atoms with Gasteiger partial charge in [-0.25, -0.2) is 0 Å². The Kier molecular flexibility index (Phi) is 5.99. The highest BCUT2D eigenvalue weighted by molar-refractivity contribution is 7.99. The summed E-state index contributed by atoms with van der Waals surface area (Å²) in [7, 11) is 0. The number of hydrogen-bond donors (Lipinski definition) is 0. The van der Waals surface area contributed by atoms with Gasteiger partial charge in [0.1, 0.15) is 0 Å². The number of fused-ring (bicyclic) bond motifs is 1. The number of carbonyl (C=O) groups is 2. The molecule has 3 aromatic carbocycles. The standard InChI is InChI=1S/C24H24O4S/c1-15(25)27-21-14-22(29-18-12-10-17(11-13-18)24(3,4)5)19-8-6-7-9-20(19)23(21)28-16(2)26/h6-14H,1-5H3. The predicted molar refractivity (Wildman–Crippen MR) is 116 cm³/mol. The van der Waals surface area contributed by atoms with Crippen LogP contribution in [0.5, 0.6) is 11.5 Å². The maximum atomic E-state index is 11.6. The lowest BCUT2D eigenvalue weighted by Crippen LogP contribution is -2.10. The van der Waals surface area contributed by atoms with E-state index in [1.54, 1.807) is 17.8 Å². The number of carbonyl (C=O) groups excluding carboxylic acids is 2. The zero-order valence-corrected chi connectivity index (χ0v) is 18.1. The molecule has 0 aliphatic heterocycles. The summed E-state index contributed by atoms with van der Waals surface area (Å²) in [6, 6.07) is 17.8. The molecule has 0 atom stereocenters. The Bertz CT molecular complexity index is 1060. The fourth-order valence-electron chi connectivity index (χ4n) is 3.01. The third-order valence-corrected chi connectivity index (χ3v) is 5.44. The van der Waals surface area contributed by atoms with Crippen LogP contribution in [-0.2, 0) is 15.0 Å². The molecule has 150 valence electrons. The van der Waals surface area contributed by atoms with Gasteiger partial charge in [0.15, 0.2) is 11.5 Å². The fourth-order valence-corrected chi connectivity index (χ4v) is 3.99. The van der Waals surface area contributed by atoms with Crippen molar-refractivity contribution in [3.05, 3.63) is 60.2 Å². The van der Waals surface area contributed by atoms with E-state index in [1.807, 2.05) is 24.3 Å². The van der Waals surface area contributed by atoms with E-state index in [1.165, 1.54) is 19.4 Å². The maximum Gasteiger partial charge on any atom is 0.308 e. The van der Waals surface area contributed by atoms with Crippen LogP contribution in [-0.4, -0.2) is 11.9 Å². The molecule has 0 saturated carbocycles. The summed E-state index contributed by atoms with van der Waals surface area (Å²) in [5.41, 5.74) is 1.35. The van der Waals surface area contributed by atoms with E-state index in [0.717, 1.165) is 20.6 Å². The zero-order valence-electron chi connectivity index (χ0n) is 17.2. The molecule has 0 aromatic heterocycles. The Balaban J connectivity index is 2.10. The van der Waals surface area contributed by atoms with Gasteiger partial charge in [-0.05, 0) is 34.6 Å². The SMILES string of the molecule is CC(=O)Oc1cc(Sc2ccc(C(C)(C)C)cc2)c2ccccc2c1OC(C)=O. The average molecular weight is 409 g/mol. The van der Waals surface area contributed by atoms with E-state index in [0.29, 0.717) is 0 Å². The molecular formula is C24H24O4S. The van der Waals surface area contributed by atoms with Crippen molar-refractivity contribution < 1.29 is 19.1 Å². The molecule has 29 heavy (non-hydrogen) atoms. The molecule has 0 aliphatic rings. The van der Waals surface area contributed by atoms with E-state index >= 15 is 0 Å². The van der Waals surface area contributed by atoms with Crippen molar-refractivity contribution in [3.8, 4) is 11.5 Å². The quantitative estimate of drug-likeness (QED) is 0.383. The third-order valence-electron chi connectivity index (χ3n) is 4.37. The molecule has 3 rings (SSSR count). The molecule has 0 radical (unpaired) electrons. The number of hydrogen-bond acceptors (Lipinski definition) is 5. The Morgan fingerprint density at radius 1 is 0.828 bits per heavy atom. The van der Waals surface area contributed by atoms with E-state index in [9.17, 15) is 9.59 Å². The Morgan fingerprint density at radius 2 is 1.41 bits per heavy atom. The van der Waals surface area contributed by atoms with Crippen molar-refractivity contribution in [2.45, 2.75) is 49.8 Å². The van der Waals surface area contributed by atoms with Gasteiger partial charge in [-0.2, -0.15) is 0 Å². The average Bonchev–Trinajstić information content (AvgIpc) is 2.63. The Hall–Kier alpha value is -2.79. The third kappa shape index (κ3) is 4.98. The van der Waals surface area contributed by atoms with Crippen LogP contribution < -0.4 is 9.47 Å². The summed E-state index contributed by atoms with van der Waals surface area (Å²) >= 11 is 1.57. The summed E-state index contributed by atoms with van der Waals surface area (Å²) in [6.45, 7) is 9.20. The molecule has 3 aromatic rings. The van der Waals surface area contributed by atoms with Gasteiger partial charge in [-0.1, -0.05) is 68.9 Å². The largest absolute Gasteiger partial charge is 0.423 e. The topological polar surface area (TPSA) is 52.6 Å². The molecule has 0 heterocycles. The summed E-state index contributed by atoms with van der Waals surface area (Å²) in [5.74, 6) is -0.447. The Morgan fingerprint density at radius 3 is 1.97 bits per heavy atom. The van der Waals surface area contributed by atoms with E-state index < -0.39 is 11.9 Å². The molecule has 0 aliphatic carbocycles. The molecule has 0 fully saturated rings. The first-order valence-corrected chi connectivity index (χ1v) is 10.2. The molecule has 0 N–H and O–H groups in total. The lowest BCUT2D eigenvalue weighted by molar-refractivity contribution is -0.134. The number of benzene rings is 3. The van der Waals surface area contributed by atoms with Crippen molar-refractivity contribution in [2.75, 3.05) is 0 Å². The van der Waals surface area contributed by atoms with Crippen LogP contribution in [0, 0.1) is 0 Å². The van der Waals surface area contributed by atoms with Gasteiger partial charge in [-0.3, -0.25) is 9.59 Å². The summed E-state index contributed by atoms with van der Waals surface area (Å²) in [5, 5.41) is 1.64. The highest BCUT2D eigenvalue weighted by Crippen LogP contribution is 2.44. The lowest BCUT2D eigenvalue weighted by Gasteiger charge is -2.19. The van der Waals surface area contributed by atoms with Gasteiger partial charge in [0.2, 0.25) is 0 Å². The number of rotatable bonds is 4. The first kappa shape index (κ1) is 20.9. The summed E-state index contributed by atoms with van der Waals surface area (Å²) in [6.07, 6.45) is 0. The van der Waals surface area contributed by atoms with Crippen LogP contribution in [0.3, 0.4) is 0 Å². The first-order valence-electron chi connectivity index (χ1n) is 9.36. The van der Waals surface area contributed by atoms with Crippen LogP contribution in [0.2, 0.25) is 0 Å². The van der Waals surface area contributed by atoms with Gasteiger partial charge in [0.25, 0.3) is 0 Å². The second kappa shape index (κ2) is 8.29. The highest BCUT2D eigenvalue weighted by atomic mass is 32.2. The molecule has 0 bridgehead atoms. The first-order chi connectivity index (χ1) is 13.6. The van der Waals surface area contributed by atoms with Crippen LogP contribution in [0.4, 0.5) is 0 Å². The lowest BCUT2D eigenvalue weighted by atomic mass is 9.87. The zero-order chi connectivity index (χ0) is 21.2. The number of esters is 2. The van der Waals surface area contributed by atoms with Crippen molar-refractivity contribution in [3.63, 3.8) is 0 Å². The second-order valence-corrected chi connectivity index (χ2v) is 8.93. The maximum absolute atomic E-state index is 11.6. The minimum atomic E-state index is -0.473. The van der Waals surface area contributed by atoms with Crippen LogP contribution in [0.1, 0.15) is 40.2 Å². The minimum Gasteiger partial charge on any atom is -0.423 e. The molecule has 0 spiro atoms. The van der Waals surface area contributed by atoms with Crippen molar-refractivity contribution in [1.82, 2.24) is 0 Å². The van der Waals surface area contributed by atoms with Gasteiger partial charge < -0.3 is 9.47 Å². The van der Waals surface area contributed by atoms with Gasteiger partial charge >= 0.3 is 11.9 Å². The molecule has 0 unspecified atom stereocenters. The van der Waals surface area contributed by atoms with E-state index in [-0.39, 0.29) is 16.9 Å². The Labute approximate surface area is 175 Å². The monoisotopic (exact) mass is 408 g/mol. The summed E-state index contributed by atoms with van der Waals surface area (Å²) < 4.78 is 10.8. The predicted octanol–water partition coefficient (Wildman–Crippen LogP) is 6.14. The van der Waals surface area contributed by atoms with E-state index in [4.69, 9.17) is 9.47 Å². The number of ether oxygens (including phenoxy) is 2. The van der Waals surface area contributed by atoms with Gasteiger partial charge in [0, 0.05) is 29.0 Å². The van der Waals surface area contributed by atoms with Gasteiger partial charge in [0.05, 0.1) is 0 Å². The van der Waals surface area contributed by atoms with Gasteiger partial charge in [-0.15, -0.1) is 0 Å². The smallest absolute Gasteiger partial charge is 0.308 e. The second-order valence-electron chi connectivity index (χ2n) is 7.81. The van der Waals surface area contributed by atoms with Crippen molar-refractivity contribution in [2.24, 2.45) is 0 Å². The molecule has 5 heteroatoms. The minimum absolute atomic E-state index is 0.0874. The van der Waals surface area contributed by atoms with Crippen LogP contribution in [0.25, 0.3) is 10.8 Å². The van der Waals surface area contributed by atoms with Crippen LogP contribution in [0.15, 0.2) is 64.4 Å². The highest BCUT2D eigenvalue weighted by Gasteiger charge is 2.19. The summed E-state index contributed by atoms with van der Waals surface area (Å²) in [4.78, 5) is 25.2. The van der Waals surface area contributed by atoms with Crippen molar-refractivity contribution >= 4 is 34.5 Å².